The van der Waals surface area contributed by atoms with E-state index in [2.05, 4.69) is 38.7 Å². The lowest BCUT2D eigenvalue weighted by atomic mass is 10.2. The van der Waals surface area contributed by atoms with Crippen molar-refractivity contribution in [1.29, 1.82) is 0 Å². The van der Waals surface area contributed by atoms with E-state index in [1.54, 1.807) is 0 Å². The second-order valence-corrected chi connectivity index (χ2v) is 9.97. The fraction of sp³-hybridized carbons (Fsp3) is 0.667. The van der Waals surface area contributed by atoms with Gasteiger partial charge in [-0.2, -0.15) is 0 Å². The van der Waals surface area contributed by atoms with Crippen LogP contribution in [0.5, 0.6) is 0 Å². The van der Waals surface area contributed by atoms with E-state index in [0.29, 0.717) is 0 Å². The van der Waals surface area contributed by atoms with Crippen LogP contribution in [0.15, 0.2) is 16.5 Å². The molecular formula is C12H22OSi. The minimum absolute atomic E-state index is 1.11. The maximum atomic E-state index is 5.86. The summed E-state index contributed by atoms with van der Waals surface area (Å²) in [5.74, 6) is 1.18. The molecule has 0 N–H and O–H groups in total. The van der Waals surface area contributed by atoms with Gasteiger partial charge in [-0.15, -0.1) is 0 Å². The van der Waals surface area contributed by atoms with Crippen molar-refractivity contribution in [2.45, 2.75) is 52.2 Å². The quantitative estimate of drug-likeness (QED) is 0.535. The highest BCUT2D eigenvalue weighted by Gasteiger charge is 2.20. The van der Waals surface area contributed by atoms with Gasteiger partial charge in [-0.05, 0) is 18.6 Å². The minimum atomic E-state index is -1.23. The smallest absolute Gasteiger partial charge is 0.123 e. The van der Waals surface area contributed by atoms with Crippen LogP contribution in [0.2, 0.25) is 19.6 Å². The van der Waals surface area contributed by atoms with Gasteiger partial charge in [0.05, 0.1) is 5.38 Å². The molecule has 0 aliphatic heterocycles. The van der Waals surface area contributed by atoms with E-state index in [0.717, 1.165) is 6.42 Å². The second kappa shape index (κ2) is 4.83. The topological polar surface area (TPSA) is 13.1 Å². The molecule has 0 aromatic carbocycles. The van der Waals surface area contributed by atoms with Crippen molar-refractivity contribution in [3.63, 3.8) is 0 Å². The Morgan fingerprint density at radius 3 is 2.36 bits per heavy atom. The van der Waals surface area contributed by atoms with E-state index in [1.165, 1.54) is 30.4 Å². The van der Waals surface area contributed by atoms with Crippen LogP contribution in [0, 0.1) is 0 Å². The van der Waals surface area contributed by atoms with Gasteiger partial charge in [-0.1, -0.05) is 39.4 Å². The largest absolute Gasteiger partial charge is 0.471 e. The summed E-state index contributed by atoms with van der Waals surface area (Å²) in [7, 11) is -1.23. The third-order valence-electron chi connectivity index (χ3n) is 2.43. The molecule has 14 heavy (non-hydrogen) atoms. The average Bonchev–Trinajstić information content (AvgIpc) is 2.52. The van der Waals surface area contributed by atoms with E-state index in [4.69, 9.17) is 4.42 Å². The molecule has 0 saturated heterocycles. The van der Waals surface area contributed by atoms with Crippen molar-refractivity contribution in [1.82, 2.24) is 0 Å². The monoisotopic (exact) mass is 210 g/mol. The van der Waals surface area contributed by atoms with Gasteiger partial charge < -0.3 is 4.42 Å². The maximum Gasteiger partial charge on any atom is 0.123 e. The Balaban J connectivity index is 2.51. The summed E-state index contributed by atoms with van der Waals surface area (Å²) in [5.41, 5.74) is 0. The van der Waals surface area contributed by atoms with Crippen LogP contribution >= 0.6 is 0 Å². The molecule has 80 valence electrons. The Morgan fingerprint density at radius 1 is 1.14 bits per heavy atom. The summed E-state index contributed by atoms with van der Waals surface area (Å²) in [4.78, 5) is 0. The van der Waals surface area contributed by atoms with Gasteiger partial charge in [0.1, 0.15) is 13.8 Å². The second-order valence-electron chi connectivity index (χ2n) is 4.97. The number of furan rings is 1. The standard InChI is InChI=1S/C12H22OSi/c1-5-6-7-8-11-9-10-12(13-11)14(2,3)4/h9-10H,5-8H2,1-4H3. The van der Waals surface area contributed by atoms with Crippen LogP contribution in [-0.4, -0.2) is 8.07 Å². The van der Waals surface area contributed by atoms with Gasteiger partial charge in [0.25, 0.3) is 0 Å². The first-order valence-corrected chi connectivity index (χ1v) is 9.13. The molecule has 1 rings (SSSR count). The van der Waals surface area contributed by atoms with Crippen LogP contribution in [-0.2, 0) is 6.42 Å². The molecule has 1 aromatic rings. The molecular weight excluding hydrogens is 188 g/mol. The molecule has 0 amide bonds. The number of hydrogen-bond donors (Lipinski definition) is 0. The maximum absolute atomic E-state index is 5.86. The Bertz CT molecular complexity index is 270. The Morgan fingerprint density at radius 2 is 1.86 bits per heavy atom. The third-order valence-corrected chi connectivity index (χ3v) is 4.17. The van der Waals surface area contributed by atoms with Gasteiger partial charge in [-0.25, -0.2) is 0 Å². The molecule has 0 bridgehead atoms. The van der Waals surface area contributed by atoms with Gasteiger partial charge in [0.2, 0.25) is 0 Å². The van der Waals surface area contributed by atoms with Crippen molar-refractivity contribution >= 4 is 13.5 Å². The van der Waals surface area contributed by atoms with E-state index in [1.807, 2.05) is 0 Å². The Labute approximate surface area is 88.5 Å². The molecule has 0 radical (unpaired) electrons. The summed E-state index contributed by atoms with van der Waals surface area (Å²) in [5, 5.41) is 1.24. The van der Waals surface area contributed by atoms with Crippen LogP contribution in [0.25, 0.3) is 0 Å². The molecule has 1 aromatic heterocycles. The Kier molecular flexibility index (Phi) is 3.99. The number of rotatable bonds is 5. The lowest BCUT2D eigenvalue weighted by Crippen LogP contribution is -2.36. The zero-order valence-electron chi connectivity index (χ0n) is 9.89. The average molecular weight is 210 g/mol. The first kappa shape index (κ1) is 11.6. The highest BCUT2D eigenvalue weighted by Crippen LogP contribution is 2.10. The van der Waals surface area contributed by atoms with Gasteiger partial charge in [0, 0.05) is 6.42 Å². The molecule has 0 atom stereocenters. The molecule has 0 unspecified atom stereocenters. The summed E-state index contributed by atoms with van der Waals surface area (Å²) in [6.07, 6.45) is 4.96. The Hall–Kier alpha value is -0.503. The van der Waals surface area contributed by atoms with Crippen molar-refractivity contribution < 1.29 is 4.42 Å². The number of hydrogen-bond acceptors (Lipinski definition) is 1. The minimum Gasteiger partial charge on any atom is -0.471 e. The highest BCUT2D eigenvalue weighted by molar-refractivity contribution is 6.87. The summed E-state index contributed by atoms with van der Waals surface area (Å²) >= 11 is 0. The molecule has 0 aliphatic carbocycles. The molecule has 1 heterocycles. The predicted molar refractivity (Wildman–Crippen MR) is 64.9 cm³/mol. The zero-order chi connectivity index (χ0) is 10.6. The van der Waals surface area contributed by atoms with Gasteiger partial charge >= 0.3 is 0 Å². The van der Waals surface area contributed by atoms with Crippen molar-refractivity contribution in [3.8, 4) is 0 Å². The SMILES string of the molecule is CCCCCc1ccc([Si](C)(C)C)o1. The molecule has 0 aliphatic rings. The molecule has 1 nitrogen and oxygen atoms in total. The lowest BCUT2D eigenvalue weighted by molar-refractivity contribution is 0.519. The first-order valence-electron chi connectivity index (χ1n) is 5.63. The van der Waals surface area contributed by atoms with E-state index < -0.39 is 8.07 Å². The normalized spacial score (nSPS) is 12.0. The highest BCUT2D eigenvalue weighted by atomic mass is 28.3. The van der Waals surface area contributed by atoms with Crippen molar-refractivity contribution in [2.75, 3.05) is 0 Å². The van der Waals surface area contributed by atoms with E-state index in [-0.39, 0.29) is 0 Å². The van der Waals surface area contributed by atoms with E-state index in [9.17, 15) is 0 Å². The first-order chi connectivity index (χ1) is 6.54. The van der Waals surface area contributed by atoms with Gasteiger partial charge in [-0.3, -0.25) is 0 Å². The number of aryl methyl sites for hydroxylation is 1. The molecule has 0 saturated carbocycles. The molecule has 0 fully saturated rings. The fourth-order valence-corrected chi connectivity index (χ4v) is 2.49. The summed E-state index contributed by atoms with van der Waals surface area (Å²) < 4.78 is 5.86. The van der Waals surface area contributed by atoms with Crippen LogP contribution in [0.3, 0.4) is 0 Å². The van der Waals surface area contributed by atoms with Crippen LogP contribution in [0.1, 0.15) is 31.9 Å². The fourth-order valence-electron chi connectivity index (χ4n) is 1.46. The van der Waals surface area contributed by atoms with Crippen molar-refractivity contribution in [3.05, 3.63) is 17.9 Å². The molecule has 2 heteroatoms. The van der Waals surface area contributed by atoms with E-state index >= 15 is 0 Å². The summed E-state index contributed by atoms with van der Waals surface area (Å²) in [6.45, 7) is 9.20. The van der Waals surface area contributed by atoms with Crippen molar-refractivity contribution in [2.24, 2.45) is 0 Å². The third kappa shape index (κ3) is 3.33. The van der Waals surface area contributed by atoms with Crippen LogP contribution < -0.4 is 5.38 Å². The van der Waals surface area contributed by atoms with Gasteiger partial charge in [0.15, 0.2) is 0 Å². The lowest BCUT2D eigenvalue weighted by Gasteiger charge is -2.11. The number of unbranched alkanes of at least 4 members (excludes halogenated alkanes) is 2. The molecule has 0 spiro atoms. The predicted octanol–water partition coefficient (Wildman–Crippen LogP) is 3.56. The van der Waals surface area contributed by atoms with Crippen LogP contribution in [0.4, 0.5) is 0 Å². The zero-order valence-corrected chi connectivity index (χ0v) is 10.9. The summed E-state index contributed by atoms with van der Waals surface area (Å²) in [6, 6.07) is 4.33.